The van der Waals surface area contributed by atoms with Crippen molar-refractivity contribution in [1.29, 1.82) is 0 Å². The van der Waals surface area contributed by atoms with Crippen LogP contribution >= 0.6 is 0 Å². The van der Waals surface area contributed by atoms with Gasteiger partial charge in [-0.05, 0) is 23.6 Å². The van der Waals surface area contributed by atoms with Crippen LogP contribution in [0.15, 0.2) is 18.2 Å². The van der Waals surface area contributed by atoms with Crippen LogP contribution in [0.4, 0.5) is 5.69 Å². The number of hydrogen-bond acceptors (Lipinski definition) is 2. The smallest absolute Gasteiger partial charge is 0.142 e. The van der Waals surface area contributed by atoms with E-state index >= 15 is 0 Å². The number of anilines is 1. The Morgan fingerprint density at radius 1 is 1.38 bits per heavy atom. The van der Waals surface area contributed by atoms with Gasteiger partial charge in [0.05, 0.1) is 5.69 Å². The summed E-state index contributed by atoms with van der Waals surface area (Å²) in [6, 6.07) is 6.37. The lowest BCUT2D eigenvalue weighted by Gasteiger charge is -2.20. The maximum absolute atomic E-state index is 5.50. The number of benzene rings is 1. The maximum atomic E-state index is 5.50. The second-order valence-electron chi connectivity index (χ2n) is 3.69. The largest absolute Gasteiger partial charge is 0.490 e. The first-order valence-electron chi connectivity index (χ1n) is 4.78. The Labute approximate surface area is 78.9 Å². The van der Waals surface area contributed by atoms with E-state index < -0.39 is 0 Å². The highest BCUT2D eigenvalue weighted by Gasteiger charge is 2.10. The molecule has 1 aliphatic rings. The van der Waals surface area contributed by atoms with Crippen molar-refractivity contribution in [2.24, 2.45) is 0 Å². The molecule has 0 atom stereocenters. The van der Waals surface area contributed by atoms with E-state index in [1.54, 1.807) is 0 Å². The molecule has 0 saturated heterocycles. The molecule has 0 bridgehead atoms. The summed E-state index contributed by atoms with van der Waals surface area (Å²) >= 11 is 0. The molecule has 2 nitrogen and oxygen atoms in total. The van der Waals surface area contributed by atoms with Crippen molar-refractivity contribution in [1.82, 2.24) is 0 Å². The van der Waals surface area contributed by atoms with E-state index in [2.05, 4.69) is 37.4 Å². The first-order chi connectivity index (χ1) is 6.27. The van der Waals surface area contributed by atoms with Crippen LogP contribution < -0.4 is 10.1 Å². The van der Waals surface area contributed by atoms with Crippen molar-refractivity contribution in [3.8, 4) is 5.75 Å². The van der Waals surface area contributed by atoms with E-state index in [-0.39, 0.29) is 0 Å². The number of rotatable bonds is 1. The van der Waals surface area contributed by atoms with Crippen LogP contribution in [0, 0.1) is 0 Å². The van der Waals surface area contributed by atoms with Crippen molar-refractivity contribution in [2.75, 3.05) is 18.5 Å². The molecule has 2 heteroatoms. The summed E-state index contributed by atoms with van der Waals surface area (Å²) in [7, 11) is 0. The normalized spacial score (nSPS) is 14.7. The zero-order chi connectivity index (χ0) is 9.26. The third kappa shape index (κ3) is 1.62. The van der Waals surface area contributed by atoms with E-state index in [4.69, 9.17) is 4.74 Å². The van der Waals surface area contributed by atoms with Crippen LogP contribution in [-0.4, -0.2) is 13.2 Å². The van der Waals surface area contributed by atoms with E-state index in [0.29, 0.717) is 5.92 Å². The van der Waals surface area contributed by atoms with Gasteiger partial charge in [-0.2, -0.15) is 0 Å². The predicted molar refractivity (Wildman–Crippen MR) is 54.5 cm³/mol. The van der Waals surface area contributed by atoms with E-state index in [1.165, 1.54) is 5.56 Å². The van der Waals surface area contributed by atoms with E-state index in [1.807, 2.05) is 0 Å². The lowest BCUT2D eigenvalue weighted by Crippen LogP contribution is -2.18. The van der Waals surface area contributed by atoms with Gasteiger partial charge >= 0.3 is 0 Å². The van der Waals surface area contributed by atoms with Crippen LogP contribution in [0.1, 0.15) is 25.3 Å². The lowest BCUT2D eigenvalue weighted by molar-refractivity contribution is 0.323. The first kappa shape index (κ1) is 8.42. The minimum absolute atomic E-state index is 0.578. The molecule has 1 aromatic carbocycles. The molecule has 2 rings (SSSR count). The Kier molecular flexibility index (Phi) is 2.13. The Morgan fingerprint density at radius 2 is 2.23 bits per heavy atom. The van der Waals surface area contributed by atoms with Crippen molar-refractivity contribution in [3.63, 3.8) is 0 Å². The van der Waals surface area contributed by atoms with Gasteiger partial charge < -0.3 is 10.1 Å². The second kappa shape index (κ2) is 3.29. The Bertz CT molecular complexity index is 307. The molecule has 1 aliphatic heterocycles. The van der Waals surface area contributed by atoms with E-state index in [9.17, 15) is 0 Å². The Morgan fingerprint density at radius 3 is 3.00 bits per heavy atom. The van der Waals surface area contributed by atoms with E-state index in [0.717, 1.165) is 24.6 Å². The van der Waals surface area contributed by atoms with Crippen LogP contribution in [0.5, 0.6) is 5.75 Å². The number of nitrogens with one attached hydrogen (secondary N) is 1. The molecule has 13 heavy (non-hydrogen) atoms. The molecule has 0 spiro atoms. The van der Waals surface area contributed by atoms with Crippen molar-refractivity contribution >= 4 is 5.69 Å². The molecule has 1 N–H and O–H groups in total. The molecular formula is C11H15NO. The summed E-state index contributed by atoms with van der Waals surface area (Å²) in [5.74, 6) is 1.56. The summed E-state index contributed by atoms with van der Waals surface area (Å²) in [5.41, 5.74) is 2.49. The molecule has 0 fully saturated rings. The van der Waals surface area contributed by atoms with Crippen LogP contribution in [-0.2, 0) is 0 Å². The summed E-state index contributed by atoms with van der Waals surface area (Å²) < 4.78 is 5.50. The molecule has 1 aromatic rings. The SMILES string of the molecule is CC(C)c1ccc2c(c1)NCCO2. The van der Waals surface area contributed by atoms with Gasteiger partial charge in [-0.1, -0.05) is 19.9 Å². The monoisotopic (exact) mass is 177 g/mol. The fourth-order valence-electron chi connectivity index (χ4n) is 1.52. The molecule has 0 saturated carbocycles. The van der Waals surface area contributed by atoms with Crippen molar-refractivity contribution < 1.29 is 4.74 Å². The lowest BCUT2D eigenvalue weighted by atomic mass is 10.0. The van der Waals surface area contributed by atoms with Crippen LogP contribution in [0.25, 0.3) is 0 Å². The predicted octanol–water partition coefficient (Wildman–Crippen LogP) is 2.61. The fourth-order valence-corrected chi connectivity index (χ4v) is 1.52. The minimum Gasteiger partial charge on any atom is -0.490 e. The average molecular weight is 177 g/mol. The summed E-state index contributed by atoms with van der Waals surface area (Å²) in [5, 5.41) is 3.33. The molecule has 0 unspecified atom stereocenters. The zero-order valence-corrected chi connectivity index (χ0v) is 8.13. The topological polar surface area (TPSA) is 21.3 Å². The van der Waals surface area contributed by atoms with Gasteiger partial charge in [-0.15, -0.1) is 0 Å². The highest BCUT2D eigenvalue weighted by molar-refractivity contribution is 5.59. The number of hydrogen-bond donors (Lipinski definition) is 1. The minimum atomic E-state index is 0.578. The molecular weight excluding hydrogens is 162 g/mol. The summed E-state index contributed by atoms with van der Waals surface area (Å²) in [6.07, 6.45) is 0. The third-order valence-electron chi connectivity index (χ3n) is 2.35. The quantitative estimate of drug-likeness (QED) is 0.712. The zero-order valence-electron chi connectivity index (χ0n) is 8.13. The van der Waals surface area contributed by atoms with Gasteiger partial charge in [0, 0.05) is 6.54 Å². The third-order valence-corrected chi connectivity index (χ3v) is 2.35. The van der Waals surface area contributed by atoms with Crippen molar-refractivity contribution in [3.05, 3.63) is 23.8 Å². The van der Waals surface area contributed by atoms with Gasteiger partial charge in [-0.25, -0.2) is 0 Å². The van der Waals surface area contributed by atoms with Gasteiger partial charge in [0.1, 0.15) is 12.4 Å². The van der Waals surface area contributed by atoms with Gasteiger partial charge in [0.15, 0.2) is 0 Å². The second-order valence-corrected chi connectivity index (χ2v) is 3.69. The van der Waals surface area contributed by atoms with Crippen LogP contribution in [0.2, 0.25) is 0 Å². The number of ether oxygens (including phenoxy) is 1. The highest BCUT2D eigenvalue weighted by atomic mass is 16.5. The van der Waals surface area contributed by atoms with Gasteiger partial charge in [0.2, 0.25) is 0 Å². The molecule has 0 aromatic heterocycles. The standard InChI is InChI=1S/C11H15NO/c1-8(2)9-3-4-11-10(7-9)12-5-6-13-11/h3-4,7-8,12H,5-6H2,1-2H3. The van der Waals surface area contributed by atoms with Crippen molar-refractivity contribution in [2.45, 2.75) is 19.8 Å². The maximum Gasteiger partial charge on any atom is 0.142 e. The molecule has 0 amide bonds. The highest BCUT2D eigenvalue weighted by Crippen LogP contribution is 2.30. The molecule has 0 aliphatic carbocycles. The van der Waals surface area contributed by atoms with Gasteiger partial charge in [0.25, 0.3) is 0 Å². The first-order valence-corrected chi connectivity index (χ1v) is 4.78. The summed E-state index contributed by atoms with van der Waals surface area (Å²) in [6.45, 7) is 6.08. The fraction of sp³-hybridized carbons (Fsp3) is 0.455. The van der Waals surface area contributed by atoms with Gasteiger partial charge in [-0.3, -0.25) is 0 Å². The van der Waals surface area contributed by atoms with Crippen LogP contribution in [0.3, 0.4) is 0 Å². The molecule has 1 heterocycles. The Hall–Kier alpha value is -1.18. The average Bonchev–Trinajstić information content (AvgIpc) is 2.17. The molecule has 0 radical (unpaired) electrons. The Balaban J connectivity index is 2.35. The summed E-state index contributed by atoms with van der Waals surface area (Å²) in [4.78, 5) is 0. The molecule has 70 valence electrons. The number of fused-ring (bicyclic) bond motifs is 1.